The maximum Gasteiger partial charge on any atom is 0.340 e. The van der Waals surface area contributed by atoms with Crippen LogP contribution in [0.15, 0.2) is 60.8 Å². The summed E-state index contributed by atoms with van der Waals surface area (Å²) in [4.78, 5) is 38.5. The Hall–Kier alpha value is -3.39. The van der Waals surface area contributed by atoms with Crippen LogP contribution in [-0.2, 0) is 16.0 Å². The number of piperidine rings is 1. The minimum Gasteiger partial charge on any atom is -0.481 e. The fourth-order valence-electron chi connectivity index (χ4n) is 4.61. The molecule has 7 nitrogen and oxygen atoms in total. The van der Waals surface area contributed by atoms with Crippen molar-refractivity contribution in [1.29, 1.82) is 0 Å². The largest absolute Gasteiger partial charge is 0.481 e. The summed E-state index contributed by atoms with van der Waals surface area (Å²) < 4.78 is 12.3. The number of carboxylic acids is 1. The molecule has 34 heavy (non-hydrogen) atoms. The molecule has 1 aliphatic rings. The van der Waals surface area contributed by atoms with Gasteiger partial charge in [0.15, 0.2) is 0 Å². The molecule has 174 valence electrons. The first-order valence-corrected chi connectivity index (χ1v) is 11.8. The topological polar surface area (TPSA) is 101 Å². The third-order valence-electron chi connectivity index (χ3n) is 6.66. The molecule has 0 atom stereocenters. The zero-order valence-electron chi connectivity index (χ0n) is 18.5. The monoisotopic (exact) mass is 523 g/mol. The number of likely N-dealkylation sites (tertiary alicyclic amines) is 1. The number of aliphatic carboxylic acids is 1. The third-order valence-corrected chi connectivity index (χ3v) is 7.19. The van der Waals surface area contributed by atoms with Gasteiger partial charge in [0.2, 0.25) is 5.91 Å². The van der Waals surface area contributed by atoms with Crippen LogP contribution in [0, 0.1) is 12.8 Å². The molecule has 4 aromatic rings. The van der Waals surface area contributed by atoms with Gasteiger partial charge in [-0.3, -0.25) is 9.59 Å². The number of benzene rings is 2. The lowest BCUT2D eigenvalue weighted by Crippen LogP contribution is -2.41. The van der Waals surface area contributed by atoms with E-state index in [0.29, 0.717) is 48.2 Å². The average molecular weight is 524 g/mol. The Bertz CT molecular complexity index is 1480. The Morgan fingerprint density at radius 2 is 1.79 bits per heavy atom. The van der Waals surface area contributed by atoms with Crippen molar-refractivity contribution in [2.24, 2.45) is 5.92 Å². The number of carboxylic acid groups (broad SMARTS) is 1. The molecule has 2 aromatic heterocycles. The highest BCUT2D eigenvalue weighted by atomic mass is 79.9. The predicted octanol–water partition coefficient (Wildman–Crippen LogP) is 5.14. The molecular formula is C26H22BrNO6. The molecule has 1 aliphatic heterocycles. The lowest BCUT2D eigenvalue weighted by molar-refractivity contribution is -0.145. The molecule has 0 bridgehead atoms. The molecule has 0 radical (unpaired) electrons. The van der Waals surface area contributed by atoms with Gasteiger partial charge in [0.1, 0.15) is 11.2 Å². The first kappa shape index (κ1) is 22.4. The van der Waals surface area contributed by atoms with Crippen molar-refractivity contribution in [1.82, 2.24) is 4.90 Å². The molecule has 1 fully saturated rings. The predicted molar refractivity (Wildman–Crippen MR) is 131 cm³/mol. The minimum atomic E-state index is -0.828. The Kier molecular flexibility index (Phi) is 5.77. The van der Waals surface area contributed by atoms with Crippen molar-refractivity contribution >= 4 is 49.7 Å². The highest BCUT2D eigenvalue weighted by Crippen LogP contribution is 2.35. The summed E-state index contributed by atoms with van der Waals surface area (Å²) in [5.41, 5.74) is 3.42. The van der Waals surface area contributed by atoms with Gasteiger partial charge in [-0.05, 0) is 49.1 Å². The van der Waals surface area contributed by atoms with Crippen molar-refractivity contribution < 1.29 is 23.5 Å². The Balaban J connectivity index is 1.49. The van der Waals surface area contributed by atoms with Crippen LogP contribution >= 0.6 is 15.9 Å². The SMILES string of the molecule is Cc1c(CC(=O)N2CCC(C(=O)O)CC2)c(=O)oc2cc3occ(-c4ccc(Br)cc4)c3cc12. The van der Waals surface area contributed by atoms with E-state index < -0.39 is 17.5 Å². The van der Waals surface area contributed by atoms with Crippen LogP contribution < -0.4 is 5.63 Å². The van der Waals surface area contributed by atoms with Crippen LogP contribution in [0.2, 0.25) is 0 Å². The number of fused-ring (bicyclic) bond motifs is 2. The minimum absolute atomic E-state index is 0.0785. The van der Waals surface area contributed by atoms with Crippen LogP contribution in [0.3, 0.4) is 0 Å². The number of furan rings is 1. The summed E-state index contributed by atoms with van der Waals surface area (Å²) in [6, 6.07) is 11.6. The highest BCUT2D eigenvalue weighted by Gasteiger charge is 2.28. The summed E-state index contributed by atoms with van der Waals surface area (Å²) in [7, 11) is 0. The van der Waals surface area contributed by atoms with E-state index in [9.17, 15) is 14.4 Å². The zero-order chi connectivity index (χ0) is 24.0. The number of carbonyl (C=O) groups is 2. The highest BCUT2D eigenvalue weighted by molar-refractivity contribution is 9.10. The second-order valence-corrected chi connectivity index (χ2v) is 9.58. The van der Waals surface area contributed by atoms with Gasteiger partial charge in [-0.2, -0.15) is 0 Å². The molecule has 8 heteroatoms. The number of hydrogen-bond donors (Lipinski definition) is 1. The van der Waals surface area contributed by atoms with Crippen LogP contribution in [0.25, 0.3) is 33.1 Å². The van der Waals surface area contributed by atoms with E-state index in [1.165, 1.54) is 0 Å². The molecule has 3 heterocycles. The van der Waals surface area contributed by atoms with Crippen molar-refractivity contribution in [3.63, 3.8) is 0 Å². The summed E-state index contributed by atoms with van der Waals surface area (Å²) in [5.74, 6) is -1.45. The molecule has 2 aromatic carbocycles. The van der Waals surface area contributed by atoms with Gasteiger partial charge in [-0.25, -0.2) is 4.79 Å². The summed E-state index contributed by atoms with van der Waals surface area (Å²) in [5, 5.41) is 10.8. The molecule has 0 unspecified atom stereocenters. The first-order chi connectivity index (χ1) is 16.3. The van der Waals surface area contributed by atoms with E-state index in [1.54, 1.807) is 17.2 Å². The number of rotatable bonds is 4. The van der Waals surface area contributed by atoms with Crippen LogP contribution in [0.5, 0.6) is 0 Å². The summed E-state index contributed by atoms with van der Waals surface area (Å²) in [6.07, 6.45) is 2.45. The van der Waals surface area contributed by atoms with E-state index in [0.717, 1.165) is 26.4 Å². The van der Waals surface area contributed by atoms with E-state index in [1.807, 2.05) is 37.3 Å². The number of nitrogens with zero attached hydrogens (tertiary/aromatic N) is 1. The maximum atomic E-state index is 12.9. The molecule has 5 rings (SSSR count). The number of halogens is 1. The van der Waals surface area contributed by atoms with Gasteiger partial charge in [-0.15, -0.1) is 0 Å². The van der Waals surface area contributed by atoms with E-state index in [-0.39, 0.29) is 12.3 Å². The molecular weight excluding hydrogens is 502 g/mol. The first-order valence-electron chi connectivity index (χ1n) is 11.1. The smallest absolute Gasteiger partial charge is 0.340 e. The van der Waals surface area contributed by atoms with Crippen LogP contribution in [0.4, 0.5) is 0 Å². The van der Waals surface area contributed by atoms with Gasteiger partial charge >= 0.3 is 11.6 Å². The number of aryl methyl sites for hydroxylation is 1. The maximum absolute atomic E-state index is 12.9. The van der Waals surface area contributed by atoms with E-state index >= 15 is 0 Å². The van der Waals surface area contributed by atoms with Crippen LogP contribution in [-0.4, -0.2) is 35.0 Å². The zero-order valence-corrected chi connectivity index (χ0v) is 20.1. The van der Waals surface area contributed by atoms with Gasteiger partial charge in [0.25, 0.3) is 0 Å². The van der Waals surface area contributed by atoms with Gasteiger partial charge in [0, 0.05) is 40.0 Å². The Morgan fingerprint density at radius 3 is 2.47 bits per heavy atom. The number of hydrogen-bond acceptors (Lipinski definition) is 5. The fraction of sp³-hybridized carbons (Fsp3) is 0.269. The normalized spacial score (nSPS) is 14.7. The van der Waals surface area contributed by atoms with Crippen molar-refractivity contribution in [2.75, 3.05) is 13.1 Å². The van der Waals surface area contributed by atoms with E-state index in [4.69, 9.17) is 13.9 Å². The molecule has 1 amide bonds. The summed E-state index contributed by atoms with van der Waals surface area (Å²) >= 11 is 3.45. The van der Waals surface area contributed by atoms with Crippen LogP contribution in [0.1, 0.15) is 24.0 Å². The van der Waals surface area contributed by atoms with Crippen molar-refractivity contribution in [3.8, 4) is 11.1 Å². The Labute approximate surface area is 203 Å². The number of carbonyl (C=O) groups excluding carboxylic acids is 1. The molecule has 1 saturated heterocycles. The average Bonchev–Trinajstić information content (AvgIpc) is 3.24. The second kappa shape index (κ2) is 8.76. The van der Waals surface area contributed by atoms with Gasteiger partial charge in [-0.1, -0.05) is 28.1 Å². The molecule has 0 aliphatic carbocycles. The lowest BCUT2D eigenvalue weighted by atomic mass is 9.96. The Morgan fingerprint density at radius 1 is 1.09 bits per heavy atom. The van der Waals surface area contributed by atoms with Gasteiger partial charge in [0.05, 0.1) is 24.2 Å². The van der Waals surface area contributed by atoms with Crippen molar-refractivity contribution in [3.05, 3.63) is 68.7 Å². The third kappa shape index (κ3) is 4.03. The quantitative estimate of drug-likeness (QED) is 0.371. The molecule has 1 N–H and O–H groups in total. The van der Waals surface area contributed by atoms with Gasteiger partial charge < -0.3 is 18.8 Å². The van der Waals surface area contributed by atoms with Crippen molar-refractivity contribution in [2.45, 2.75) is 26.2 Å². The fourth-order valence-corrected chi connectivity index (χ4v) is 4.87. The van der Waals surface area contributed by atoms with E-state index in [2.05, 4.69) is 15.9 Å². The second-order valence-electron chi connectivity index (χ2n) is 8.66. The molecule has 0 spiro atoms. The molecule has 0 saturated carbocycles. The lowest BCUT2D eigenvalue weighted by Gasteiger charge is -2.30. The number of amides is 1. The summed E-state index contributed by atoms with van der Waals surface area (Å²) in [6.45, 7) is 2.57. The standard InChI is InChI=1S/C26H22BrNO6/c1-14-18-10-20-21(15-2-4-17(27)5-3-15)13-33-22(20)12-23(18)34-26(32)19(14)11-24(29)28-8-6-16(7-9-28)25(30)31/h2-5,10,12-13,16H,6-9,11H2,1H3,(H,30,31).